The van der Waals surface area contributed by atoms with Crippen LogP contribution in [0.4, 0.5) is 0 Å². The third-order valence-corrected chi connectivity index (χ3v) is 4.26. The lowest BCUT2D eigenvalue weighted by atomic mass is 10.0. The summed E-state index contributed by atoms with van der Waals surface area (Å²) in [6.07, 6.45) is 6.66. The van der Waals surface area contributed by atoms with Gasteiger partial charge in [-0.25, -0.2) is 0 Å². The van der Waals surface area contributed by atoms with Crippen LogP contribution in [0.3, 0.4) is 0 Å². The Kier molecular flexibility index (Phi) is 10.9. The average molecular weight is 378 g/mol. The Morgan fingerprint density at radius 3 is 2.11 bits per heavy atom. The van der Waals surface area contributed by atoms with Gasteiger partial charge in [0.15, 0.2) is 5.78 Å². The van der Waals surface area contributed by atoms with E-state index in [0.29, 0.717) is 6.42 Å². The molecule has 0 aliphatic carbocycles. The van der Waals surface area contributed by atoms with Crippen molar-refractivity contribution in [1.29, 1.82) is 0 Å². The van der Waals surface area contributed by atoms with E-state index in [1.165, 1.54) is 5.56 Å². The van der Waals surface area contributed by atoms with Crippen molar-refractivity contribution in [3.05, 3.63) is 41.7 Å². The zero-order chi connectivity index (χ0) is 20.1. The fraction of sp³-hybridized carbons (Fsp3) is 0.524. The number of carboxylic acids is 1. The molecule has 1 unspecified atom stereocenters. The number of allylic oxidation sites excluding steroid dienone is 2. The predicted molar refractivity (Wildman–Crippen MR) is 103 cm³/mol. The molecule has 0 radical (unpaired) electrons. The monoisotopic (exact) mass is 378 g/mol. The summed E-state index contributed by atoms with van der Waals surface area (Å²) < 4.78 is 0. The first kappa shape index (κ1) is 22.7. The van der Waals surface area contributed by atoms with Gasteiger partial charge in [-0.1, -0.05) is 37.8 Å². The zero-order valence-electron chi connectivity index (χ0n) is 15.6. The first-order valence-electron chi connectivity index (χ1n) is 9.47. The minimum atomic E-state index is -1.22. The maximum absolute atomic E-state index is 11.6. The fourth-order valence-corrected chi connectivity index (χ4v) is 2.83. The summed E-state index contributed by atoms with van der Waals surface area (Å²) in [5.41, 5.74) is 1.22. The van der Waals surface area contributed by atoms with Crippen molar-refractivity contribution >= 4 is 11.8 Å². The molecule has 1 aromatic rings. The number of aliphatic carboxylic acids is 1. The number of carbonyl (C=O) groups is 2. The minimum absolute atomic E-state index is 0.0187. The normalized spacial score (nSPS) is 12.7. The molecule has 27 heavy (non-hydrogen) atoms. The molecule has 6 nitrogen and oxygen atoms in total. The molecule has 1 rings (SSSR count). The molecule has 0 bridgehead atoms. The predicted octanol–water partition coefficient (Wildman–Crippen LogP) is 3.90. The maximum atomic E-state index is 11.6. The number of aliphatic hydroxyl groups is 2. The number of carbonyl (C=O) groups excluding carboxylic acids is 1. The van der Waals surface area contributed by atoms with E-state index in [2.05, 4.69) is 0 Å². The number of aliphatic hydroxyl groups excluding tert-OH is 2. The Balaban J connectivity index is 2.05. The molecule has 0 saturated heterocycles. The number of rotatable bonds is 14. The van der Waals surface area contributed by atoms with Crippen molar-refractivity contribution in [2.24, 2.45) is 0 Å². The summed E-state index contributed by atoms with van der Waals surface area (Å²) in [6.45, 7) is 0. The Bertz CT molecular complexity index is 606. The van der Waals surface area contributed by atoms with Gasteiger partial charge in [-0.2, -0.15) is 0 Å². The van der Waals surface area contributed by atoms with Gasteiger partial charge in [0.1, 0.15) is 5.75 Å². The lowest BCUT2D eigenvalue weighted by molar-refractivity contribution is -0.139. The molecule has 1 aromatic carbocycles. The van der Waals surface area contributed by atoms with Crippen LogP contribution in [0.5, 0.6) is 5.75 Å². The highest BCUT2D eigenvalue weighted by molar-refractivity contribution is 5.90. The maximum Gasteiger partial charge on any atom is 0.305 e. The van der Waals surface area contributed by atoms with Crippen LogP contribution in [0.2, 0.25) is 0 Å². The van der Waals surface area contributed by atoms with Crippen molar-refractivity contribution in [2.45, 2.75) is 70.3 Å². The molecule has 0 heterocycles. The summed E-state index contributed by atoms with van der Waals surface area (Å²) in [6, 6.07) is 7.28. The second-order valence-electron chi connectivity index (χ2n) is 6.85. The van der Waals surface area contributed by atoms with E-state index in [-0.39, 0.29) is 17.9 Å². The van der Waals surface area contributed by atoms with Crippen LogP contribution < -0.4 is 0 Å². The number of benzene rings is 1. The molecule has 150 valence electrons. The van der Waals surface area contributed by atoms with Gasteiger partial charge in [-0.05, 0) is 37.0 Å². The molecule has 6 heteroatoms. The van der Waals surface area contributed by atoms with Crippen molar-refractivity contribution in [3.63, 3.8) is 0 Å². The fourth-order valence-electron chi connectivity index (χ4n) is 2.83. The van der Waals surface area contributed by atoms with E-state index >= 15 is 0 Å². The summed E-state index contributed by atoms with van der Waals surface area (Å²) in [4.78, 5) is 22.0. The molecule has 0 saturated carbocycles. The number of aromatic hydroxyl groups is 1. The van der Waals surface area contributed by atoms with Gasteiger partial charge in [-0.3, -0.25) is 9.59 Å². The Hall–Kier alpha value is -2.34. The smallest absolute Gasteiger partial charge is 0.305 e. The van der Waals surface area contributed by atoms with Crippen LogP contribution in [0.15, 0.2) is 36.1 Å². The molecule has 1 atom stereocenters. The van der Waals surface area contributed by atoms with Gasteiger partial charge in [0.2, 0.25) is 0 Å². The van der Waals surface area contributed by atoms with Crippen LogP contribution >= 0.6 is 0 Å². The molecule has 0 aromatic heterocycles. The van der Waals surface area contributed by atoms with Crippen molar-refractivity contribution < 1.29 is 30.0 Å². The SMILES string of the molecule is O=C(O)CC(O)CC(=O)C=C(O)CCCCCCCCc1ccc(O)cc1. The van der Waals surface area contributed by atoms with Gasteiger partial charge in [0.05, 0.1) is 18.3 Å². The number of unbranched alkanes of at least 4 members (excludes halogenated alkanes) is 5. The lowest BCUT2D eigenvalue weighted by Gasteiger charge is -2.05. The minimum Gasteiger partial charge on any atom is -0.512 e. The summed E-state index contributed by atoms with van der Waals surface area (Å²) in [7, 11) is 0. The standard InChI is InChI=1S/C21H30O6/c22-17-11-9-16(10-12-17)7-5-3-1-2-4-6-8-18(23)13-19(24)14-20(25)15-21(26)27/h9-13,20,22-23,25H,1-8,14-15H2,(H,26,27). The van der Waals surface area contributed by atoms with E-state index in [4.69, 9.17) is 5.11 Å². The van der Waals surface area contributed by atoms with Crippen LogP contribution in [0.25, 0.3) is 0 Å². The molecule has 0 aliphatic rings. The van der Waals surface area contributed by atoms with Gasteiger partial charge < -0.3 is 20.4 Å². The number of hydrogen-bond donors (Lipinski definition) is 4. The number of phenols is 1. The first-order valence-corrected chi connectivity index (χ1v) is 9.47. The highest BCUT2D eigenvalue weighted by Crippen LogP contribution is 2.14. The van der Waals surface area contributed by atoms with E-state index in [0.717, 1.165) is 51.0 Å². The Labute approximate surface area is 160 Å². The molecule has 0 spiro atoms. The number of carboxylic acid groups (broad SMARTS) is 1. The average Bonchev–Trinajstić information content (AvgIpc) is 2.57. The van der Waals surface area contributed by atoms with Gasteiger partial charge in [-0.15, -0.1) is 0 Å². The molecule has 4 N–H and O–H groups in total. The van der Waals surface area contributed by atoms with E-state index in [9.17, 15) is 24.9 Å². The molecule has 0 amide bonds. The van der Waals surface area contributed by atoms with Crippen LogP contribution in [0, 0.1) is 0 Å². The van der Waals surface area contributed by atoms with Gasteiger partial charge in [0.25, 0.3) is 0 Å². The number of phenolic OH excluding ortho intramolecular Hbond substituents is 1. The van der Waals surface area contributed by atoms with Crippen molar-refractivity contribution in [2.75, 3.05) is 0 Å². The number of hydrogen-bond acceptors (Lipinski definition) is 5. The van der Waals surface area contributed by atoms with Crippen LogP contribution in [-0.4, -0.2) is 38.3 Å². The molecular formula is C21H30O6. The van der Waals surface area contributed by atoms with Crippen molar-refractivity contribution in [1.82, 2.24) is 0 Å². The third kappa shape index (κ3) is 11.8. The largest absolute Gasteiger partial charge is 0.512 e. The molecule has 0 aliphatic heterocycles. The van der Waals surface area contributed by atoms with Crippen LogP contribution in [-0.2, 0) is 16.0 Å². The van der Waals surface area contributed by atoms with Crippen LogP contribution in [0.1, 0.15) is 63.4 Å². The Morgan fingerprint density at radius 1 is 0.889 bits per heavy atom. The second-order valence-corrected chi connectivity index (χ2v) is 6.85. The second kappa shape index (κ2) is 12.9. The lowest BCUT2D eigenvalue weighted by Crippen LogP contribution is -2.16. The summed E-state index contributed by atoms with van der Waals surface area (Å²) >= 11 is 0. The Morgan fingerprint density at radius 2 is 1.48 bits per heavy atom. The molecule has 0 fully saturated rings. The van der Waals surface area contributed by atoms with Crippen molar-refractivity contribution in [3.8, 4) is 5.75 Å². The topological polar surface area (TPSA) is 115 Å². The highest BCUT2D eigenvalue weighted by Gasteiger charge is 2.13. The number of aryl methyl sites for hydroxylation is 1. The van der Waals surface area contributed by atoms with E-state index in [1.54, 1.807) is 12.1 Å². The van der Waals surface area contributed by atoms with E-state index < -0.39 is 24.3 Å². The first-order chi connectivity index (χ1) is 12.9. The van der Waals surface area contributed by atoms with E-state index in [1.807, 2.05) is 12.1 Å². The van der Waals surface area contributed by atoms with Gasteiger partial charge >= 0.3 is 5.97 Å². The quantitative estimate of drug-likeness (QED) is 0.222. The van der Waals surface area contributed by atoms with Gasteiger partial charge in [0, 0.05) is 18.9 Å². The third-order valence-electron chi connectivity index (χ3n) is 4.26. The summed E-state index contributed by atoms with van der Waals surface area (Å²) in [5.74, 6) is -1.36. The number of ketones is 1. The molecular weight excluding hydrogens is 348 g/mol. The zero-order valence-corrected chi connectivity index (χ0v) is 15.6. The summed E-state index contributed by atoms with van der Waals surface area (Å²) in [5, 5.41) is 36.9. The highest BCUT2D eigenvalue weighted by atomic mass is 16.4.